The molecule has 0 spiro atoms. The highest BCUT2D eigenvalue weighted by molar-refractivity contribution is 7.13. The lowest BCUT2D eigenvalue weighted by atomic mass is 10.1. The second kappa shape index (κ2) is 4.70. The molecular weight excluding hydrogens is 208 g/mol. The number of hydrogen-bond acceptors (Lipinski definition) is 4. The number of nitrogens with zero attached hydrogens (tertiary/aromatic N) is 2. The highest BCUT2D eigenvalue weighted by atomic mass is 32.1. The molecule has 0 aliphatic rings. The summed E-state index contributed by atoms with van der Waals surface area (Å²) in [5, 5.41) is 10.6. The van der Waals surface area contributed by atoms with Crippen molar-refractivity contribution in [2.75, 3.05) is 0 Å². The van der Waals surface area contributed by atoms with Crippen LogP contribution in [0.1, 0.15) is 5.56 Å². The third-order valence-electron chi connectivity index (χ3n) is 1.99. The zero-order chi connectivity index (χ0) is 10.5. The lowest BCUT2D eigenvalue weighted by Crippen LogP contribution is -1.85. The average Bonchev–Trinajstić information content (AvgIpc) is 2.75. The van der Waals surface area contributed by atoms with E-state index in [2.05, 4.69) is 9.97 Å². The fourth-order valence-corrected chi connectivity index (χ4v) is 2.21. The summed E-state index contributed by atoms with van der Waals surface area (Å²) in [6.45, 7) is 0. The van der Waals surface area contributed by atoms with E-state index in [0.29, 0.717) is 6.42 Å². The van der Waals surface area contributed by atoms with E-state index in [0.717, 1.165) is 22.4 Å². The van der Waals surface area contributed by atoms with Gasteiger partial charge in [-0.15, -0.1) is 11.3 Å². The Morgan fingerprint density at radius 1 is 1.40 bits per heavy atom. The van der Waals surface area contributed by atoms with Crippen LogP contribution in [0.25, 0.3) is 10.6 Å². The van der Waals surface area contributed by atoms with Crippen LogP contribution in [-0.2, 0) is 6.42 Å². The van der Waals surface area contributed by atoms with Gasteiger partial charge < -0.3 is 5.11 Å². The molecule has 4 heteroatoms. The summed E-state index contributed by atoms with van der Waals surface area (Å²) >= 11 is 1.64. The molecule has 0 bridgehead atoms. The molecule has 0 radical (unpaired) electrons. The quantitative estimate of drug-likeness (QED) is 0.806. The maximum atomic E-state index is 8.62. The topological polar surface area (TPSA) is 46.0 Å². The van der Waals surface area contributed by atoms with Gasteiger partial charge in [-0.1, -0.05) is 0 Å². The van der Waals surface area contributed by atoms with Gasteiger partial charge in [-0.3, -0.25) is 9.97 Å². The Labute approximate surface area is 91.8 Å². The van der Waals surface area contributed by atoms with Gasteiger partial charge >= 0.3 is 0 Å². The minimum atomic E-state index is 0.714. The monoisotopic (exact) mass is 218 g/mol. The summed E-state index contributed by atoms with van der Waals surface area (Å²) in [4.78, 5) is 9.40. The van der Waals surface area contributed by atoms with E-state index >= 15 is 0 Å². The number of aromatic nitrogens is 2. The molecule has 0 fully saturated rings. The van der Waals surface area contributed by atoms with Crippen LogP contribution in [0.2, 0.25) is 0 Å². The van der Waals surface area contributed by atoms with Crippen LogP contribution in [0.5, 0.6) is 0 Å². The van der Waals surface area contributed by atoms with Gasteiger partial charge in [-0.2, -0.15) is 0 Å². The number of rotatable bonds is 3. The number of thiophene rings is 1. The first-order valence-electron chi connectivity index (χ1n) is 4.54. The minimum Gasteiger partial charge on any atom is -0.516 e. The van der Waals surface area contributed by atoms with Crippen molar-refractivity contribution in [1.82, 2.24) is 9.97 Å². The number of hydrogen-bond donors (Lipinski definition) is 1. The molecule has 0 amide bonds. The number of aliphatic hydroxyl groups excluding tert-OH is 1. The molecule has 15 heavy (non-hydrogen) atoms. The molecular formula is C11H10N2OS. The van der Waals surface area contributed by atoms with Crippen LogP contribution in [0.15, 0.2) is 42.4 Å². The second-order valence-corrected chi connectivity index (χ2v) is 3.87. The van der Waals surface area contributed by atoms with Crippen molar-refractivity contribution in [3.05, 3.63) is 47.9 Å². The first-order valence-corrected chi connectivity index (χ1v) is 5.42. The standard InChI is InChI=1S/C11H10N2OS/c14-6-1-2-9-3-7-15-11(9)10-8-12-4-5-13-10/h1,3-8,14H,2H2/b6-1+. The third kappa shape index (κ3) is 2.22. The maximum Gasteiger partial charge on any atom is 0.0987 e. The van der Waals surface area contributed by atoms with Gasteiger partial charge in [0.15, 0.2) is 0 Å². The molecule has 76 valence electrons. The molecule has 2 aromatic heterocycles. The maximum absolute atomic E-state index is 8.62. The molecule has 0 saturated carbocycles. The highest BCUT2D eigenvalue weighted by Gasteiger charge is 2.06. The van der Waals surface area contributed by atoms with Crippen LogP contribution in [-0.4, -0.2) is 15.1 Å². The normalized spacial score (nSPS) is 10.9. The molecule has 0 aliphatic heterocycles. The summed E-state index contributed by atoms with van der Waals surface area (Å²) < 4.78 is 0. The van der Waals surface area contributed by atoms with Gasteiger partial charge in [0, 0.05) is 12.4 Å². The van der Waals surface area contributed by atoms with Crippen molar-refractivity contribution >= 4 is 11.3 Å². The molecule has 0 aromatic carbocycles. The predicted octanol–water partition coefficient (Wildman–Crippen LogP) is 2.82. The Morgan fingerprint density at radius 3 is 3.07 bits per heavy atom. The second-order valence-electron chi connectivity index (χ2n) is 2.95. The summed E-state index contributed by atoms with van der Waals surface area (Å²) in [6.07, 6.45) is 8.58. The van der Waals surface area contributed by atoms with Crippen LogP contribution >= 0.6 is 11.3 Å². The van der Waals surface area contributed by atoms with Gasteiger partial charge in [-0.25, -0.2) is 0 Å². The predicted molar refractivity (Wildman–Crippen MR) is 60.8 cm³/mol. The SMILES string of the molecule is O/C=C/Cc1ccsc1-c1cnccn1. The molecule has 2 aromatic rings. The van der Waals surface area contributed by atoms with Crippen LogP contribution in [0.3, 0.4) is 0 Å². The number of allylic oxidation sites excluding steroid dienone is 1. The molecule has 1 N–H and O–H groups in total. The molecule has 0 atom stereocenters. The molecule has 3 nitrogen and oxygen atoms in total. The fraction of sp³-hybridized carbons (Fsp3) is 0.0909. The lowest BCUT2D eigenvalue weighted by molar-refractivity contribution is 0.471. The van der Waals surface area contributed by atoms with E-state index in [-0.39, 0.29) is 0 Å². The molecule has 0 aliphatic carbocycles. The summed E-state index contributed by atoms with van der Waals surface area (Å²) in [5.41, 5.74) is 2.04. The average molecular weight is 218 g/mol. The smallest absolute Gasteiger partial charge is 0.0987 e. The molecule has 2 heterocycles. The zero-order valence-corrected chi connectivity index (χ0v) is 8.81. The molecule has 0 unspecified atom stereocenters. The van der Waals surface area contributed by atoms with Gasteiger partial charge in [0.1, 0.15) is 0 Å². The van der Waals surface area contributed by atoms with E-state index in [1.165, 1.54) is 0 Å². The van der Waals surface area contributed by atoms with Gasteiger partial charge in [-0.05, 0) is 29.5 Å². The Hall–Kier alpha value is -1.68. The van der Waals surface area contributed by atoms with Crippen molar-refractivity contribution in [2.24, 2.45) is 0 Å². The van der Waals surface area contributed by atoms with Crippen LogP contribution < -0.4 is 0 Å². The Bertz CT molecular complexity index is 451. The largest absolute Gasteiger partial charge is 0.516 e. The van der Waals surface area contributed by atoms with Crippen molar-refractivity contribution in [2.45, 2.75) is 6.42 Å². The fourth-order valence-electron chi connectivity index (χ4n) is 1.32. The van der Waals surface area contributed by atoms with E-state index in [4.69, 9.17) is 5.11 Å². The van der Waals surface area contributed by atoms with Gasteiger partial charge in [0.2, 0.25) is 0 Å². The van der Waals surface area contributed by atoms with E-state index in [1.807, 2.05) is 11.4 Å². The van der Waals surface area contributed by atoms with Gasteiger partial charge in [0.25, 0.3) is 0 Å². The van der Waals surface area contributed by atoms with E-state index in [1.54, 1.807) is 36.0 Å². The third-order valence-corrected chi connectivity index (χ3v) is 2.96. The van der Waals surface area contributed by atoms with Crippen molar-refractivity contribution in [1.29, 1.82) is 0 Å². The minimum absolute atomic E-state index is 0.714. The first kappa shape index (κ1) is 9.86. The Morgan fingerprint density at radius 2 is 2.33 bits per heavy atom. The summed E-state index contributed by atoms with van der Waals surface area (Å²) in [7, 11) is 0. The van der Waals surface area contributed by atoms with Crippen molar-refractivity contribution in [3.63, 3.8) is 0 Å². The van der Waals surface area contributed by atoms with Gasteiger partial charge in [0.05, 0.1) is 23.0 Å². The first-order chi connectivity index (χ1) is 7.42. The number of aliphatic hydroxyl groups is 1. The highest BCUT2D eigenvalue weighted by Crippen LogP contribution is 2.27. The Kier molecular flexibility index (Phi) is 3.09. The van der Waals surface area contributed by atoms with Crippen molar-refractivity contribution in [3.8, 4) is 10.6 Å². The summed E-state index contributed by atoms with van der Waals surface area (Å²) in [6, 6.07) is 2.04. The van der Waals surface area contributed by atoms with E-state index < -0.39 is 0 Å². The summed E-state index contributed by atoms with van der Waals surface area (Å²) in [5.74, 6) is 0. The van der Waals surface area contributed by atoms with Crippen LogP contribution in [0.4, 0.5) is 0 Å². The van der Waals surface area contributed by atoms with Crippen LogP contribution in [0, 0.1) is 0 Å². The van der Waals surface area contributed by atoms with E-state index in [9.17, 15) is 0 Å². The Balaban J connectivity index is 2.33. The molecule has 2 rings (SSSR count). The zero-order valence-electron chi connectivity index (χ0n) is 8.00. The lowest BCUT2D eigenvalue weighted by Gasteiger charge is -1.99. The molecule has 0 saturated heterocycles. The van der Waals surface area contributed by atoms with Crippen molar-refractivity contribution < 1.29 is 5.11 Å².